The lowest BCUT2D eigenvalue weighted by molar-refractivity contribution is 0.102. The van der Waals surface area contributed by atoms with Crippen molar-refractivity contribution in [2.45, 2.75) is 0 Å². The van der Waals surface area contributed by atoms with Gasteiger partial charge in [0.25, 0.3) is 5.91 Å². The van der Waals surface area contributed by atoms with E-state index in [1.807, 2.05) is 18.2 Å². The van der Waals surface area contributed by atoms with Gasteiger partial charge in [0, 0.05) is 24.0 Å². The number of carbonyl (C=O) groups excluding carboxylic acids is 1. The fourth-order valence-corrected chi connectivity index (χ4v) is 3.63. The molecule has 5 rings (SSSR count). The molecule has 2 aromatic heterocycles. The number of benzene rings is 2. The van der Waals surface area contributed by atoms with Crippen LogP contribution in [0, 0.1) is 0 Å². The van der Waals surface area contributed by atoms with Crippen LogP contribution in [-0.2, 0) is 4.74 Å². The van der Waals surface area contributed by atoms with Crippen molar-refractivity contribution in [2.75, 3.05) is 43.6 Å². The van der Waals surface area contributed by atoms with Crippen molar-refractivity contribution in [3.63, 3.8) is 0 Å². The number of nitrogens with one attached hydrogen (secondary N) is 2. The van der Waals surface area contributed by atoms with Gasteiger partial charge in [0.1, 0.15) is 22.4 Å². The number of morpholine rings is 1. The zero-order valence-corrected chi connectivity index (χ0v) is 15.9. The molecule has 0 saturated carbocycles. The lowest BCUT2D eigenvalue weighted by atomic mass is 10.1. The average Bonchev–Trinajstić information content (AvgIpc) is 3.39. The fourth-order valence-electron chi connectivity index (χ4n) is 3.63. The highest BCUT2D eigenvalue weighted by Gasteiger charge is 2.20. The van der Waals surface area contributed by atoms with E-state index in [0.717, 1.165) is 40.8 Å². The van der Waals surface area contributed by atoms with E-state index in [9.17, 15) is 4.79 Å². The summed E-state index contributed by atoms with van der Waals surface area (Å²) in [6.07, 6.45) is 1.60. The molecular weight excluding hydrogens is 372 g/mol. The summed E-state index contributed by atoms with van der Waals surface area (Å²) in [5.74, 6) is 0.792. The van der Waals surface area contributed by atoms with Crippen LogP contribution < -0.4 is 15.0 Å². The summed E-state index contributed by atoms with van der Waals surface area (Å²) in [6, 6.07) is 11.0. The first-order valence-corrected chi connectivity index (χ1v) is 9.41. The van der Waals surface area contributed by atoms with Gasteiger partial charge in [-0.1, -0.05) is 0 Å². The molecule has 3 heterocycles. The van der Waals surface area contributed by atoms with E-state index in [1.165, 1.54) is 0 Å². The minimum atomic E-state index is -0.251. The van der Waals surface area contributed by atoms with Crippen LogP contribution >= 0.6 is 0 Å². The summed E-state index contributed by atoms with van der Waals surface area (Å²) in [6.45, 7) is 2.94. The number of nitrogens with zero attached hydrogens (tertiary/aromatic N) is 2. The highest BCUT2D eigenvalue weighted by molar-refractivity contribution is 6.06. The molecule has 4 aromatic rings. The summed E-state index contributed by atoms with van der Waals surface area (Å²) < 4.78 is 16.3. The number of fused-ring (bicyclic) bond motifs is 2. The molecule has 8 nitrogen and oxygen atoms in total. The van der Waals surface area contributed by atoms with Crippen LogP contribution in [0.25, 0.3) is 22.0 Å². The molecule has 1 aliphatic rings. The second kappa shape index (κ2) is 7.14. The van der Waals surface area contributed by atoms with E-state index in [0.29, 0.717) is 30.5 Å². The van der Waals surface area contributed by atoms with Crippen LogP contribution in [0.15, 0.2) is 47.1 Å². The van der Waals surface area contributed by atoms with Crippen molar-refractivity contribution in [2.24, 2.45) is 0 Å². The summed E-state index contributed by atoms with van der Waals surface area (Å²) in [7, 11) is 1.61. The molecule has 0 bridgehead atoms. The lowest BCUT2D eigenvalue weighted by Crippen LogP contribution is -2.36. The van der Waals surface area contributed by atoms with Gasteiger partial charge in [0.05, 0.1) is 32.3 Å². The van der Waals surface area contributed by atoms with Gasteiger partial charge in [0.15, 0.2) is 0 Å². The van der Waals surface area contributed by atoms with Gasteiger partial charge in [-0.2, -0.15) is 0 Å². The molecule has 0 radical (unpaired) electrons. The molecule has 0 atom stereocenters. The van der Waals surface area contributed by atoms with Gasteiger partial charge in [-0.3, -0.25) is 10.1 Å². The molecule has 2 aromatic carbocycles. The van der Waals surface area contributed by atoms with Crippen molar-refractivity contribution in [3.05, 3.63) is 48.2 Å². The first kappa shape index (κ1) is 17.6. The highest BCUT2D eigenvalue weighted by atomic mass is 16.5. The van der Waals surface area contributed by atoms with E-state index in [4.69, 9.17) is 13.9 Å². The van der Waals surface area contributed by atoms with E-state index in [2.05, 4.69) is 20.2 Å². The van der Waals surface area contributed by atoms with E-state index >= 15 is 0 Å². The van der Waals surface area contributed by atoms with Crippen LogP contribution in [-0.4, -0.2) is 49.3 Å². The van der Waals surface area contributed by atoms with E-state index < -0.39 is 0 Å². The molecule has 1 saturated heterocycles. The number of aromatic nitrogens is 2. The Morgan fingerprint density at radius 3 is 2.90 bits per heavy atom. The molecule has 1 amide bonds. The number of imidazole rings is 1. The number of carbonyl (C=O) groups is 1. The third kappa shape index (κ3) is 3.17. The SMILES string of the molecule is COc1ccc(N2CCOCC2)c2nc(NC(=O)c3ccc4occc4c3)[nH]c12. The second-order valence-corrected chi connectivity index (χ2v) is 6.82. The largest absolute Gasteiger partial charge is 0.494 e. The van der Waals surface area contributed by atoms with Gasteiger partial charge in [-0.15, -0.1) is 0 Å². The predicted molar refractivity (Wildman–Crippen MR) is 110 cm³/mol. The molecule has 0 unspecified atom stereocenters. The molecule has 1 aliphatic heterocycles. The third-order valence-electron chi connectivity index (χ3n) is 5.10. The summed E-state index contributed by atoms with van der Waals surface area (Å²) in [4.78, 5) is 22.8. The maximum atomic E-state index is 12.7. The molecule has 1 fully saturated rings. The smallest absolute Gasteiger partial charge is 0.257 e. The summed E-state index contributed by atoms with van der Waals surface area (Å²) in [5.41, 5.74) is 3.76. The Balaban J connectivity index is 1.48. The predicted octanol–water partition coefficient (Wildman–Crippen LogP) is 3.41. The number of methoxy groups -OCH3 is 1. The molecule has 8 heteroatoms. The highest BCUT2D eigenvalue weighted by Crippen LogP contribution is 2.33. The van der Waals surface area contributed by atoms with Gasteiger partial charge < -0.3 is 23.8 Å². The van der Waals surface area contributed by atoms with Gasteiger partial charge >= 0.3 is 0 Å². The van der Waals surface area contributed by atoms with Gasteiger partial charge in [-0.25, -0.2) is 4.98 Å². The minimum absolute atomic E-state index is 0.251. The van der Waals surface area contributed by atoms with Crippen LogP contribution in [0.1, 0.15) is 10.4 Å². The first-order chi connectivity index (χ1) is 14.2. The minimum Gasteiger partial charge on any atom is -0.494 e. The summed E-state index contributed by atoms with van der Waals surface area (Å²) >= 11 is 0. The van der Waals surface area contributed by atoms with Crippen LogP contribution in [0.4, 0.5) is 11.6 Å². The van der Waals surface area contributed by atoms with E-state index in [-0.39, 0.29) is 5.91 Å². The normalized spacial score (nSPS) is 14.4. The third-order valence-corrected chi connectivity index (χ3v) is 5.10. The van der Waals surface area contributed by atoms with Crippen LogP contribution in [0.2, 0.25) is 0 Å². The maximum Gasteiger partial charge on any atom is 0.257 e. The number of aromatic amines is 1. The molecule has 0 spiro atoms. The topological polar surface area (TPSA) is 92.6 Å². The number of rotatable bonds is 4. The van der Waals surface area contributed by atoms with Crippen LogP contribution in [0.3, 0.4) is 0 Å². The van der Waals surface area contributed by atoms with Gasteiger partial charge in [0.2, 0.25) is 5.95 Å². The number of hydrogen-bond donors (Lipinski definition) is 2. The Kier molecular flexibility index (Phi) is 4.33. The quantitative estimate of drug-likeness (QED) is 0.553. The zero-order chi connectivity index (χ0) is 19.8. The standard InChI is InChI=1S/C21H20N4O4/c1-27-17-5-3-15(25-7-10-28-11-8-25)18-19(17)23-21(22-18)24-20(26)14-2-4-16-13(12-14)6-9-29-16/h2-6,9,12H,7-8,10-11H2,1H3,(H2,22,23,24,26). The number of ether oxygens (including phenoxy) is 2. The zero-order valence-electron chi connectivity index (χ0n) is 15.9. The maximum absolute atomic E-state index is 12.7. The van der Waals surface area contributed by atoms with Crippen molar-refractivity contribution in [3.8, 4) is 5.75 Å². The Hall–Kier alpha value is -3.52. The monoisotopic (exact) mass is 392 g/mol. The average molecular weight is 392 g/mol. The van der Waals surface area contributed by atoms with Crippen molar-refractivity contribution in [1.82, 2.24) is 9.97 Å². The Labute approximate surface area is 166 Å². The summed E-state index contributed by atoms with van der Waals surface area (Å²) in [5, 5.41) is 3.72. The molecule has 29 heavy (non-hydrogen) atoms. The number of hydrogen-bond acceptors (Lipinski definition) is 6. The molecular formula is C21H20N4O4. The number of H-pyrrole nitrogens is 1. The first-order valence-electron chi connectivity index (χ1n) is 9.41. The van der Waals surface area contributed by atoms with Crippen LogP contribution in [0.5, 0.6) is 5.75 Å². The Morgan fingerprint density at radius 1 is 1.21 bits per heavy atom. The van der Waals surface area contributed by atoms with Crippen molar-refractivity contribution in [1.29, 1.82) is 0 Å². The van der Waals surface area contributed by atoms with Gasteiger partial charge in [-0.05, 0) is 36.4 Å². The fraction of sp³-hybridized carbons (Fsp3) is 0.238. The molecule has 148 valence electrons. The second-order valence-electron chi connectivity index (χ2n) is 6.82. The molecule has 0 aliphatic carbocycles. The number of anilines is 2. The van der Waals surface area contributed by atoms with Crippen molar-refractivity contribution < 1.29 is 18.7 Å². The molecule has 2 N–H and O–H groups in total. The Morgan fingerprint density at radius 2 is 2.07 bits per heavy atom. The lowest BCUT2D eigenvalue weighted by Gasteiger charge is -2.29. The number of amides is 1. The van der Waals surface area contributed by atoms with Crippen molar-refractivity contribution >= 4 is 39.5 Å². The number of furan rings is 1. The van der Waals surface area contributed by atoms with E-state index in [1.54, 1.807) is 31.6 Å². The Bertz CT molecular complexity index is 1190.